The highest BCUT2D eigenvalue weighted by Crippen LogP contribution is 2.44. The lowest BCUT2D eigenvalue weighted by molar-refractivity contribution is -0.143. The zero-order chi connectivity index (χ0) is 19.4. The molecule has 3 rings (SSSR count). The maximum atomic E-state index is 12.2. The molecule has 1 N–H and O–H groups in total. The maximum Gasteiger partial charge on any atom is 0.516 e. The molecule has 0 bridgehead atoms. The second-order valence-electron chi connectivity index (χ2n) is 6.86. The van der Waals surface area contributed by atoms with E-state index in [0.29, 0.717) is 0 Å². The SMILES string of the molecule is CC[C@H](C)[C@H](NC)C(=O)OC(=O)OCC1c2ccccc2-c2ccccc21. The highest BCUT2D eigenvalue weighted by atomic mass is 16.7. The van der Waals surface area contributed by atoms with Gasteiger partial charge in [0.1, 0.15) is 12.6 Å². The number of ether oxygens (including phenoxy) is 2. The van der Waals surface area contributed by atoms with Crippen LogP contribution in [-0.4, -0.2) is 31.8 Å². The molecule has 2 aromatic rings. The van der Waals surface area contributed by atoms with Gasteiger partial charge in [0.15, 0.2) is 0 Å². The highest BCUT2D eigenvalue weighted by molar-refractivity contribution is 5.86. The van der Waals surface area contributed by atoms with Gasteiger partial charge >= 0.3 is 12.1 Å². The smallest absolute Gasteiger partial charge is 0.433 e. The molecule has 0 saturated heterocycles. The van der Waals surface area contributed by atoms with Crippen molar-refractivity contribution in [2.45, 2.75) is 32.2 Å². The third-order valence-electron chi connectivity index (χ3n) is 5.29. The number of fused-ring (bicyclic) bond motifs is 3. The molecule has 142 valence electrons. The molecular weight excluding hydrogens is 342 g/mol. The molecule has 5 heteroatoms. The van der Waals surface area contributed by atoms with Crippen LogP contribution in [0.2, 0.25) is 0 Å². The van der Waals surface area contributed by atoms with E-state index < -0.39 is 18.2 Å². The standard InChI is InChI=1S/C22H25NO4/c1-4-14(2)20(23-3)21(24)27-22(25)26-13-19-17-11-7-5-9-15(17)16-10-6-8-12-18(16)19/h5-12,14,19-20,23H,4,13H2,1-3H3/t14-,20-/m0/s1. The summed E-state index contributed by atoms with van der Waals surface area (Å²) in [6, 6.07) is 15.6. The fraction of sp³-hybridized carbons (Fsp3) is 0.364. The average molecular weight is 367 g/mol. The number of rotatable bonds is 6. The summed E-state index contributed by atoms with van der Waals surface area (Å²) in [5, 5.41) is 2.90. The number of likely N-dealkylation sites (N-methyl/N-ethyl adjacent to an activating group) is 1. The Labute approximate surface area is 159 Å². The fourth-order valence-electron chi connectivity index (χ4n) is 3.64. The molecule has 0 heterocycles. The van der Waals surface area contributed by atoms with Crippen LogP contribution in [0.5, 0.6) is 0 Å². The van der Waals surface area contributed by atoms with Gasteiger partial charge in [-0.2, -0.15) is 0 Å². The van der Waals surface area contributed by atoms with Gasteiger partial charge in [0.05, 0.1) is 0 Å². The van der Waals surface area contributed by atoms with Crippen LogP contribution in [-0.2, 0) is 14.3 Å². The molecule has 0 aromatic heterocycles. The van der Waals surface area contributed by atoms with Gasteiger partial charge in [0, 0.05) is 5.92 Å². The van der Waals surface area contributed by atoms with Crippen molar-refractivity contribution in [1.29, 1.82) is 0 Å². The van der Waals surface area contributed by atoms with E-state index in [0.717, 1.165) is 28.7 Å². The van der Waals surface area contributed by atoms with E-state index in [4.69, 9.17) is 9.47 Å². The monoisotopic (exact) mass is 367 g/mol. The molecule has 0 spiro atoms. The first kappa shape index (κ1) is 19.1. The Bertz CT molecular complexity index is 787. The molecule has 0 fully saturated rings. The van der Waals surface area contributed by atoms with E-state index in [9.17, 15) is 9.59 Å². The number of hydrogen-bond donors (Lipinski definition) is 1. The van der Waals surface area contributed by atoms with E-state index in [1.807, 2.05) is 50.2 Å². The predicted molar refractivity (Wildman–Crippen MR) is 103 cm³/mol. The van der Waals surface area contributed by atoms with Crippen LogP contribution in [0.3, 0.4) is 0 Å². The van der Waals surface area contributed by atoms with Crippen LogP contribution >= 0.6 is 0 Å². The number of carbonyl (C=O) groups is 2. The zero-order valence-electron chi connectivity index (χ0n) is 15.9. The summed E-state index contributed by atoms with van der Waals surface area (Å²) in [6.07, 6.45) is -0.156. The van der Waals surface area contributed by atoms with Gasteiger partial charge < -0.3 is 14.8 Å². The number of esters is 1. The molecule has 0 radical (unpaired) electrons. The second-order valence-corrected chi connectivity index (χ2v) is 6.86. The lowest BCUT2D eigenvalue weighted by Gasteiger charge is -2.20. The molecule has 0 saturated carbocycles. The van der Waals surface area contributed by atoms with E-state index in [1.165, 1.54) is 0 Å². The van der Waals surface area contributed by atoms with Crippen molar-refractivity contribution < 1.29 is 19.1 Å². The van der Waals surface area contributed by atoms with Crippen molar-refractivity contribution in [1.82, 2.24) is 5.32 Å². The Hall–Kier alpha value is -2.66. The van der Waals surface area contributed by atoms with Crippen LogP contribution in [0.25, 0.3) is 11.1 Å². The lowest BCUT2D eigenvalue weighted by atomic mass is 9.98. The minimum atomic E-state index is -0.953. The van der Waals surface area contributed by atoms with Crippen molar-refractivity contribution in [2.24, 2.45) is 5.92 Å². The minimum Gasteiger partial charge on any atom is -0.433 e. The van der Waals surface area contributed by atoms with E-state index in [2.05, 4.69) is 17.4 Å². The Morgan fingerprint density at radius 2 is 1.59 bits per heavy atom. The summed E-state index contributed by atoms with van der Waals surface area (Å²) >= 11 is 0. The fourth-order valence-corrected chi connectivity index (χ4v) is 3.64. The van der Waals surface area contributed by atoms with Gasteiger partial charge in [-0.3, -0.25) is 0 Å². The third kappa shape index (κ3) is 3.88. The maximum absolute atomic E-state index is 12.2. The van der Waals surface area contributed by atoms with Crippen LogP contribution in [0.1, 0.15) is 37.3 Å². The Morgan fingerprint density at radius 1 is 1.04 bits per heavy atom. The van der Waals surface area contributed by atoms with Crippen molar-refractivity contribution >= 4 is 12.1 Å². The van der Waals surface area contributed by atoms with Crippen LogP contribution in [0.4, 0.5) is 4.79 Å². The predicted octanol–water partition coefficient (Wildman–Crippen LogP) is 4.11. The molecular formula is C22H25NO4. The molecule has 2 aromatic carbocycles. The second kappa shape index (κ2) is 8.35. The molecule has 0 amide bonds. The Kier molecular flexibility index (Phi) is 5.91. The molecule has 1 aliphatic carbocycles. The Morgan fingerprint density at radius 3 is 2.11 bits per heavy atom. The number of nitrogens with one attached hydrogen (secondary N) is 1. The number of carbonyl (C=O) groups excluding carboxylic acids is 2. The minimum absolute atomic E-state index is 0.0592. The quantitative estimate of drug-likeness (QED) is 0.615. The summed E-state index contributed by atoms with van der Waals surface area (Å²) in [4.78, 5) is 24.3. The van der Waals surface area contributed by atoms with Crippen LogP contribution in [0.15, 0.2) is 48.5 Å². The Balaban J connectivity index is 1.67. The van der Waals surface area contributed by atoms with Crippen molar-refractivity contribution in [2.75, 3.05) is 13.7 Å². The molecule has 1 aliphatic rings. The van der Waals surface area contributed by atoms with E-state index in [1.54, 1.807) is 7.05 Å². The van der Waals surface area contributed by atoms with Crippen molar-refractivity contribution in [3.05, 3.63) is 59.7 Å². The normalized spacial score (nSPS) is 14.8. The molecule has 5 nitrogen and oxygen atoms in total. The van der Waals surface area contributed by atoms with Gasteiger partial charge in [-0.15, -0.1) is 0 Å². The van der Waals surface area contributed by atoms with Crippen molar-refractivity contribution in [3.8, 4) is 11.1 Å². The summed E-state index contributed by atoms with van der Waals surface area (Å²) in [5.41, 5.74) is 4.53. The van der Waals surface area contributed by atoms with Gasteiger partial charge in [-0.05, 0) is 35.2 Å². The molecule has 27 heavy (non-hydrogen) atoms. The highest BCUT2D eigenvalue weighted by Gasteiger charge is 2.30. The molecule has 0 aliphatic heterocycles. The van der Waals surface area contributed by atoms with Crippen LogP contribution in [0, 0.1) is 5.92 Å². The lowest BCUT2D eigenvalue weighted by Crippen LogP contribution is -2.41. The number of benzene rings is 2. The summed E-state index contributed by atoms with van der Waals surface area (Å²) in [7, 11) is 1.68. The molecule has 0 unspecified atom stereocenters. The summed E-state index contributed by atoms with van der Waals surface area (Å²) < 4.78 is 10.2. The van der Waals surface area contributed by atoms with Crippen molar-refractivity contribution in [3.63, 3.8) is 0 Å². The average Bonchev–Trinajstić information content (AvgIpc) is 3.00. The molecule has 2 atom stereocenters. The van der Waals surface area contributed by atoms with E-state index in [-0.39, 0.29) is 18.4 Å². The number of hydrogen-bond acceptors (Lipinski definition) is 5. The van der Waals surface area contributed by atoms with Gasteiger partial charge in [-0.25, -0.2) is 9.59 Å². The first-order valence-electron chi connectivity index (χ1n) is 9.30. The topological polar surface area (TPSA) is 64.6 Å². The first-order valence-corrected chi connectivity index (χ1v) is 9.30. The summed E-state index contributed by atoms with van der Waals surface area (Å²) in [6.45, 7) is 4.05. The van der Waals surface area contributed by atoms with Gasteiger partial charge in [-0.1, -0.05) is 68.8 Å². The first-order chi connectivity index (χ1) is 13.1. The largest absolute Gasteiger partial charge is 0.516 e. The summed E-state index contributed by atoms with van der Waals surface area (Å²) in [5.74, 6) is -0.609. The van der Waals surface area contributed by atoms with E-state index >= 15 is 0 Å². The zero-order valence-corrected chi connectivity index (χ0v) is 15.9. The van der Waals surface area contributed by atoms with Gasteiger partial charge in [0.2, 0.25) is 0 Å². The van der Waals surface area contributed by atoms with Crippen LogP contribution < -0.4 is 5.32 Å². The third-order valence-corrected chi connectivity index (χ3v) is 5.29. The van der Waals surface area contributed by atoms with Gasteiger partial charge in [0.25, 0.3) is 0 Å².